The van der Waals surface area contributed by atoms with Gasteiger partial charge in [0.05, 0.1) is 10.6 Å². The first-order valence-corrected chi connectivity index (χ1v) is 5.40. The summed E-state index contributed by atoms with van der Waals surface area (Å²) in [5.41, 5.74) is 5.48. The van der Waals surface area contributed by atoms with Crippen LogP contribution in [0, 0.1) is 15.9 Å². The van der Waals surface area contributed by atoms with Gasteiger partial charge in [-0.1, -0.05) is 12.1 Å². The monoisotopic (exact) mass is 262 g/mol. The highest BCUT2D eigenvalue weighted by Crippen LogP contribution is 2.32. The molecular formula is C12H11FN4O2. The number of nitrogens with two attached hydrogens (primary N) is 1. The Hall–Kier alpha value is -2.70. The molecule has 2 rings (SSSR count). The van der Waals surface area contributed by atoms with Crippen molar-refractivity contribution in [1.82, 2.24) is 4.98 Å². The van der Waals surface area contributed by atoms with Crippen LogP contribution in [0.4, 0.5) is 27.4 Å². The number of pyridine rings is 1. The average molecular weight is 262 g/mol. The summed E-state index contributed by atoms with van der Waals surface area (Å²) in [4.78, 5) is 15.6. The lowest BCUT2D eigenvalue weighted by Gasteiger charge is -2.18. The van der Waals surface area contributed by atoms with Gasteiger partial charge in [0, 0.05) is 13.1 Å². The highest BCUT2D eigenvalue weighted by molar-refractivity contribution is 5.69. The molecule has 0 aliphatic carbocycles. The number of aromatic nitrogens is 1. The standard InChI is InChI=1S/C12H11FN4O2/c1-16(9-5-3-2-4-8(9)13)12-10(17(18)19)6-7-11(14)15-12/h2-7H,1H3,(H2,14,15). The van der Waals surface area contributed by atoms with Crippen LogP contribution in [0.5, 0.6) is 0 Å². The highest BCUT2D eigenvalue weighted by atomic mass is 19.1. The zero-order chi connectivity index (χ0) is 14.0. The number of anilines is 3. The molecule has 0 atom stereocenters. The van der Waals surface area contributed by atoms with E-state index in [1.54, 1.807) is 6.07 Å². The number of nitro groups is 1. The summed E-state index contributed by atoms with van der Waals surface area (Å²) in [6.45, 7) is 0. The van der Waals surface area contributed by atoms with Crippen LogP contribution in [-0.4, -0.2) is 17.0 Å². The number of halogens is 1. The number of benzene rings is 1. The molecule has 0 spiro atoms. The van der Waals surface area contributed by atoms with E-state index in [0.29, 0.717) is 0 Å². The van der Waals surface area contributed by atoms with Crippen LogP contribution >= 0.6 is 0 Å². The summed E-state index contributed by atoms with van der Waals surface area (Å²) in [5, 5.41) is 11.0. The van der Waals surface area contributed by atoms with Crippen molar-refractivity contribution in [1.29, 1.82) is 0 Å². The number of hydrogen-bond acceptors (Lipinski definition) is 5. The lowest BCUT2D eigenvalue weighted by atomic mass is 10.2. The first-order chi connectivity index (χ1) is 9.00. The van der Waals surface area contributed by atoms with E-state index in [4.69, 9.17) is 5.73 Å². The van der Waals surface area contributed by atoms with Crippen molar-refractivity contribution in [2.24, 2.45) is 0 Å². The van der Waals surface area contributed by atoms with Crippen LogP contribution in [0.25, 0.3) is 0 Å². The minimum atomic E-state index is -0.584. The van der Waals surface area contributed by atoms with Crippen molar-refractivity contribution in [2.45, 2.75) is 0 Å². The smallest absolute Gasteiger partial charge is 0.312 e. The SMILES string of the molecule is CN(c1ccccc1F)c1nc(N)ccc1[N+](=O)[O-]. The Bertz CT molecular complexity index is 633. The Morgan fingerprint density at radius 1 is 1.32 bits per heavy atom. The molecule has 0 radical (unpaired) electrons. The molecule has 7 heteroatoms. The lowest BCUT2D eigenvalue weighted by Crippen LogP contribution is -2.15. The fourth-order valence-corrected chi connectivity index (χ4v) is 1.68. The van der Waals surface area contributed by atoms with Gasteiger partial charge in [-0.15, -0.1) is 0 Å². The second-order valence-corrected chi connectivity index (χ2v) is 3.85. The van der Waals surface area contributed by atoms with Crippen molar-refractivity contribution < 1.29 is 9.31 Å². The van der Waals surface area contributed by atoms with Crippen LogP contribution in [0.1, 0.15) is 0 Å². The maximum atomic E-state index is 13.7. The largest absolute Gasteiger partial charge is 0.384 e. The minimum Gasteiger partial charge on any atom is -0.384 e. The molecule has 0 aliphatic heterocycles. The van der Waals surface area contributed by atoms with Gasteiger partial charge in [-0.25, -0.2) is 9.37 Å². The zero-order valence-electron chi connectivity index (χ0n) is 10.1. The van der Waals surface area contributed by atoms with Crippen molar-refractivity contribution in [3.63, 3.8) is 0 Å². The molecule has 0 aliphatic rings. The third kappa shape index (κ3) is 2.44. The molecule has 1 heterocycles. The van der Waals surface area contributed by atoms with Crippen LogP contribution in [0.2, 0.25) is 0 Å². The van der Waals surface area contributed by atoms with E-state index in [1.165, 1.54) is 42.3 Å². The summed E-state index contributed by atoms with van der Waals surface area (Å²) < 4.78 is 13.7. The predicted octanol–water partition coefficient (Wildman–Crippen LogP) is 2.48. The first-order valence-electron chi connectivity index (χ1n) is 5.40. The van der Waals surface area contributed by atoms with E-state index in [-0.39, 0.29) is 23.0 Å². The molecule has 2 N–H and O–H groups in total. The number of para-hydroxylation sites is 1. The Morgan fingerprint density at radius 3 is 2.63 bits per heavy atom. The van der Waals surface area contributed by atoms with Gasteiger partial charge < -0.3 is 10.6 Å². The molecule has 0 saturated heterocycles. The molecule has 98 valence electrons. The number of nitrogen functional groups attached to an aromatic ring is 1. The van der Waals surface area contributed by atoms with Gasteiger partial charge in [0.25, 0.3) is 0 Å². The van der Waals surface area contributed by atoms with Crippen LogP contribution in [0.3, 0.4) is 0 Å². The van der Waals surface area contributed by atoms with Crippen molar-refractivity contribution in [3.8, 4) is 0 Å². The lowest BCUT2D eigenvalue weighted by molar-refractivity contribution is -0.384. The van der Waals surface area contributed by atoms with Crippen molar-refractivity contribution in [3.05, 3.63) is 52.3 Å². The summed E-state index contributed by atoms with van der Waals surface area (Å²) in [7, 11) is 1.49. The zero-order valence-corrected chi connectivity index (χ0v) is 10.1. The molecule has 2 aromatic rings. The Kier molecular flexibility index (Phi) is 3.28. The molecule has 0 unspecified atom stereocenters. The van der Waals surface area contributed by atoms with Gasteiger partial charge in [0.1, 0.15) is 11.6 Å². The fraction of sp³-hybridized carbons (Fsp3) is 0.0833. The molecule has 0 saturated carbocycles. The molecule has 1 aromatic heterocycles. The molecule has 0 bridgehead atoms. The molecule has 19 heavy (non-hydrogen) atoms. The van der Waals surface area contributed by atoms with Crippen LogP contribution < -0.4 is 10.6 Å². The summed E-state index contributed by atoms with van der Waals surface area (Å²) in [5.74, 6) is -0.373. The summed E-state index contributed by atoms with van der Waals surface area (Å²) >= 11 is 0. The quantitative estimate of drug-likeness (QED) is 0.678. The minimum absolute atomic E-state index is 0.00454. The fourth-order valence-electron chi connectivity index (χ4n) is 1.68. The molecular weight excluding hydrogens is 251 g/mol. The molecule has 1 aromatic carbocycles. The van der Waals surface area contributed by atoms with Crippen LogP contribution in [0.15, 0.2) is 36.4 Å². The van der Waals surface area contributed by atoms with E-state index in [2.05, 4.69) is 4.98 Å². The highest BCUT2D eigenvalue weighted by Gasteiger charge is 2.21. The number of rotatable bonds is 3. The second kappa shape index (κ2) is 4.89. The summed E-state index contributed by atoms with van der Waals surface area (Å²) in [6.07, 6.45) is 0. The van der Waals surface area contributed by atoms with E-state index in [9.17, 15) is 14.5 Å². The predicted molar refractivity (Wildman–Crippen MR) is 69.8 cm³/mol. The second-order valence-electron chi connectivity index (χ2n) is 3.85. The van der Waals surface area contributed by atoms with Gasteiger partial charge in [-0.3, -0.25) is 10.1 Å². The maximum Gasteiger partial charge on any atom is 0.312 e. The Morgan fingerprint density at radius 2 is 2.00 bits per heavy atom. The summed E-state index contributed by atoms with van der Waals surface area (Å²) in [6, 6.07) is 8.51. The van der Waals surface area contributed by atoms with Gasteiger partial charge >= 0.3 is 5.69 Å². The van der Waals surface area contributed by atoms with Gasteiger partial charge in [0.15, 0.2) is 0 Å². The Labute approximate surface area is 108 Å². The maximum absolute atomic E-state index is 13.7. The third-order valence-corrected chi connectivity index (χ3v) is 2.60. The van der Waals surface area contributed by atoms with Crippen LogP contribution in [-0.2, 0) is 0 Å². The topological polar surface area (TPSA) is 85.3 Å². The molecule has 6 nitrogen and oxygen atoms in total. The third-order valence-electron chi connectivity index (χ3n) is 2.60. The van der Waals surface area contributed by atoms with Gasteiger partial charge in [-0.05, 0) is 18.2 Å². The van der Waals surface area contributed by atoms with Gasteiger partial charge in [0.2, 0.25) is 5.82 Å². The number of hydrogen-bond donors (Lipinski definition) is 1. The molecule has 0 amide bonds. The van der Waals surface area contributed by atoms with E-state index < -0.39 is 10.7 Å². The Balaban J connectivity index is 2.55. The number of nitrogens with zero attached hydrogens (tertiary/aromatic N) is 3. The van der Waals surface area contributed by atoms with Crippen molar-refractivity contribution >= 4 is 23.0 Å². The van der Waals surface area contributed by atoms with E-state index in [1.807, 2.05) is 0 Å². The van der Waals surface area contributed by atoms with E-state index in [0.717, 1.165) is 0 Å². The average Bonchev–Trinajstić information content (AvgIpc) is 2.38. The van der Waals surface area contributed by atoms with Crippen molar-refractivity contribution in [2.75, 3.05) is 17.7 Å². The van der Waals surface area contributed by atoms with E-state index >= 15 is 0 Å². The first kappa shape index (κ1) is 12.7. The molecule has 0 fully saturated rings. The van der Waals surface area contributed by atoms with Gasteiger partial charge in [-0.2, -0.15) is 0 Å². The normalized spacial score (nSPS) is 10.2.